The van der Waals surface area contributed by atoms with Crippen molar-refractivity contribution in [2.45, 2.75) is 6.92 Å². The number of aromatic amines is 2. The number of rotatable bonds is 5. The number of carbonyl (C=O) groups is 1. The normalized spacial score (nSPS) is 11.3. The monoisotopic (exact) mass is 510 g/mol. The fraction of sp³-hybridized carbons (Fsp3) is 0.0333. The van der Waals surface area contributed by atoms with Gasteiger partial charge in [-0.3, -0.25) is 14.9 Å². The zero-order chi connectivity index (χ0) is 26.3. The highest BCUT2D eigenvalue weighted by Gasteiger charge is 2.15. The third-order valence-electron chi connectivity index (χ3n) is 6.68. The van der Waals surface area contributed by atoms with Crippen LogP contribution in [-0.4, -0.2) is 40.6 Å². The van der Waals surface area contributed by atoms with Crippen LogP contribution in [0.15, 0.2) is 97.8 Å². The number of nitrogens with zero attached hydrogens (tertiary/aromatic N) is 5. The summed E-state index contributed by atoms with van der Waals surface area (Å²) < 4.78 is 1.99. The maximum atomic E-state index is 12.6. The van der Waals surface area contributed by atoms with E-state index in [0.29, 0.717) is 11.3 Å². The molecule has 7 aromatic rings. The first-order valence-electron chi connectivity index (χ1n) is 12.4. The Kier molecular flexibility index (Phi) is 5.26. The zero-order valence-electron chi connectivity index (χ0n) is 20.9. The summed E-state index contributed by atoms with van der Waals surface area (Å²) in [7, 11) is 0. The molecule has 0 aliphatic carbocycles. The van der Waals surface area contributed by atoms with Crippen LogP contribution >= 0.6 is 0 Å². The third-order valence-corrected chi connectivity index (χ3v) is 6.68. The fourth-order valence-electron chi connectivity index (χ4n) is 4.78. The summed E-state index contributed by atoms with van der Waals surface area (Å²) in [6.45, 7) is 1.97. The molecule has 5 aromatic heterocycles. The van der Waals surface area contributed by atoms with Gasteiger partial charge in [0.1, 0.15) is 11.3 Å². The summed E-state index contributed by atoms with van der Waals surface area (Å²) in [6, 6.07) is 21.1. The predicted molar refractivity (Wildman–Crippen MR) is 151 cm³/mol. The van der Waals surface area contributed by atoms with Crippen molar-refractivity contribution in [3.8, 4) is 28.2 Å². The molecule has 0 fully saturated rings. The lowest BCUT2D eigenvalue weighted by molar-refractivity contribution is 0.102. The molecule has 9 nitrogen and oxygen atoms in total. The lowest BCUT2D eigenvalue weighted by atomic mass is 10.0. The fourth-order valence-corrected chi connectivity index (χ4v) is 4.78. The van der Waals surface area contributed by atoms with Crippen molar-refractivity contribution in [1.29, 1.82) is 0 Å². The van der Waals surface area contributed by atoms with Crippen LogP contribution in [0.25, 0.3) is 50.1 Å². The standard InChI is InChI=1S/C30H22N8O/c1-18-16-38(17-33-18)27-9-10-32-29-24(27)13-26(35-29)28-23-12-20(7-8-25(23)36-37-28)21-11-22(15-31-14-21)34-30(39)19-5-3-2-4-6-19/h2-17H,1H3,(H,32,35)(H,34,39)(H,36,37). The van der Waals surface area contributed by atoms with Gasteiger partial charge in [-0.25, -0.2) is 9.97 Å². The van der Waals surface area contributed by atoms with E-state index in [1.165, 1.54) is 0 Å². The molecule has 7 rings (SSSR count). The number of H-pyrrole nitrogens is 2. The van der Waals surface area contributed by atoms with Crippen molar-refractivity contribution >= 4 is 33.5 Å². The first kappa shape index (κ1) is 22.6. The van der Waals surface area contributed by atoms with Crippen molar-refractivity contribution in [3.63, 3.8) is 0 Å². The molecular formula is C30H22N8O. The molecule has 1 amide bonds. The Bertz CT molecular complexity index is 1980. The van der Waals surface area contributed by atoms with Gasteiger partial charge < -0.3 is 14.9 Å². The van der Waals surface area contributed by atoms with Crippen LogP contribution in [0.5, 0.6) is 0 Å². The summed E-state index contributed by atoms with van der Waals surface area (Å²) in [5.41, 5.74) is 8.31. The number of aryl methyl sites for hydroxylation is 1. The van der Waals surface area contributed by atoms with Gasteiger partial charge in [-0.2, -0.15) is 5.10 Å². The average Bonchev–Trinajstić information content (AvgIpc) is 3.71. The van der Waals surface area contributed by atoms with Gasteiger partial charge in [-0.05, 0) is 55.0 Å². The molecule has 0 atom stereocenters. The smallest absolute Gasteiger partial charge is 0.255 e. The maximum Gasteiger partial charge on any atom is 0.255 e. The minimum absolute atomic E-state index is 0.181. The predicted octanol–water partition coefficient (Wildman–Crippen LogP) is 5.91. The molecule has 0 radical (unpaired) electrons. The molecule has 0 spiro atoms. The molecular weight excluding hydrogens is 488 g/mol. The van der Waals surface area contributed by atoms with E-state index in [1.54, 1.807) is 37.1 Å². The number of amides is 1. The highest BCUT2D eigenvalue weighted by Crippen LogP contribution is 2.33. The Morgan fingerprint density at radius 1 is 0.923 bits per heavy atom. The van der Waals surface area contributed by atoms with E-state index in [4.69, 9.17) is 0 Å². The first-order chi connectivity index (χ1) is 19.1. The second kappa shape index (κ2) is 9.07. The second-order valence-electron chi connectivity index (χ2n) is 9.31. The Morgan fingerprint density at radius 2 is 1.82 bits per heavy atom. The van der Waals surface area contributed by atoms with Crippen molar-refractivity contribution < 1.29 is 4.79 Å². The number of fused-ring (bicyclic) bond motifs is 2. The highest BCUT2D eigenvalue weighted by atomic mass is 16.1. The Labute approximate surface area is 222 Å². The second-order valence-corrected chi connectivity index (χ2v) is 9.31. The van der Waals surface area contributed by atoms with Gasteiger partial charge in [-0.1, -0.05) is 24.3 Å². The van der Waals surface area contributed by atoms with Crippen LogP contribution in [0.3, 0.4) is 0 Å². The van der Waals surface area contributed by atoms with Gasteiger partial charge in [0.15, 0.2) is 0 Å². The number of anilines is 1. The van der Waals surface area contributed by atoms with E-state index in [0.717, 1.165) is 55.8 Å². The van der Waals surface area contributed by atoms with Crippen molar-refractivity contribution in [2.24, 2.45) is 0 Å². The van der Waals surface area contributed by atoms with E-state index in [-0.39, 0.29) is 5.91 Å². The highest BCUT2D eigenvalue weighted by molar-refractivity contribution is 6.04. The number of carbonyl (C=O) groups excluding carboxylic acids is 1. The van der Waals surface area contributed by atoms with Crippen LogP contribution in [0, 0.1) is 6.92 Å². The maximum absolute atomic E-state index is 12.6. The Balaban J connectivity index is 1.25. The zero-order valence-corrected chi connectivity index (χ0v) is 20.9. The lowest BCUT2D eigenvalue weighted by Gasteiger charge is -2.08. The average molecular weight is 511 g/mol. The summed E-state index contributed by atoms with van der Waals surface area (Å²) >= 11 is 0. The van der Waals surface area contributed by atoms with E-state index >= 15 is 0 Å². The number of benzene rings is 2. The van der Waals surface area contributed by atoms with E-state index < -0.39 is 0 Å². The molecule has 5 heterocycles. The SMILES string of the molecule is Cc1cn(-c2ccnc3[nH]c(-c4n[nH]c5ccc(-c6cncc(NC(=O)c7ccccc7)c6)cc45)cc23)cn1. The third kappa shape index (κ3) is 4.11. The summed E-state index contributed by atoms with van der Waals surface area (Å²) in [6.07, 6.45) is 9.00. The van der Waals surface area contributed by atoms with Crippen LogP contribution < -0.4 is 5.32 Å². The van der Waals surface area contributed by atoms with Gasteiger partial charge >= 0.3 is 0 Å². The Hall–Kier alpha value is -5.57. The van der Waals surface area contributed by atoms with Crippen LogP contribution in [0.1, 0.15) is 16.1 Å². The van der Waals surface area contributed by atoms with Gasteiger partial charge in [0.25, 0.3) is 5.91 Å². The van der Waals surface area contributed by atoms with Crippen molar-refractivity contribution in [1.82, 2.24) is 34.7 Å². The quantitative estimate of drug-likeness (QED) is 0.266. The number of nitrogens with one attached hydrogen (secondary N) is 3. The van der Waals surface area contributed by atoms with Crippen LogP contribution in [-0.2, 0) is 0 Å². The van der Waals surface area contributed by atoms with Crippen LogP contribution in [0.4, 0.5) is 5.69 Å². The van der Waals surface area contributed by atoms with Crippen molar-refractivity contribution in [3.05, 3.63) is 109 Å². The topological polar surface area (TPSA) is 117 Å². The summed E-state index contributed by atoms with van der Waals surface area (Å²) in [4.78, 5) is 29.3. The van der Waals surface area contributed by atoms with Crippen molar-refractivity contribution in [2.75, 3.05) is 5.32 Å². The lowest BCUT2D eigenvalue weighted by Crippen LogP contribution is -2.11. The molecule has 3 N–H and O–H groups in total. The molecule has 9 heteroatoms. The number of pyridine rings is 2. The molecule has 0 saturated heterocycles. The molecule has 0 saturated carbocycles. The minimum atomic E-state index is -0.181. The number of hydrogen-bond donors (Lipinski definition) is 3. The van der Waals surface area contributed by atoms with E-state index in [2.05, 4.69) is 47.6 Å². The van der Waals surface area contributed by atoms with Gasteiger partial charge in [0.2, 0.25) is 0 Å². The van der Waals surface area contributed by atoms with Gasteiger partial charge in [0, 0.05) is 40.5 Å². The van der Waals surface area contributed by atoms with Gasteiger partial charge in [0.05, 0.1) is 40.8 Å². The minimum Gasteiger partial charge on any atom is -0.338 e. The summed E-state index contributed by atoms with van der Waals surface area (Å²) in [5, 5.41) is 12.6. The largest absolute Gasteiger partial charge is 0.338 e. The molecule has 0 unspecified atom stereocenters. The van der Waals surface area contributed by atoms with Gasteiger partial charge in [-0.15, -0.1) is 0 Å². The molecule has 2 aromatic carbocycles. The molecule has 0 aliphatic heterocycles. The first-order valence-corrected chi connectivity index (χ1v) is 12.4. The van der Waals surface area contributed by atoms with E-state index in [9.17, 15) is 4.79 Å². The molecule has 39 heavy (non-hydrogen) atoms. The number of imidazole rings is 1. The van der Waals surface area contributed by atoms with E-state index in [1.807, 2.05) is 60.2 Å². The molecule has 0 bridgehead atoms. The number of hydrogen-bond acceptors (Lipinski definition) is 5. The molecule has 188 valence electrons. The Morgan fingerprint density at radius 3 is 2.67 bits per heavy atom. The molecule has 0 aliphatic rings. The van der Waals surface area contributed by atoms with Crippen LogP contribution in [0.2, 0.25) is 0 Å². The summed E-state index contributed by atoms with van der Waals surface area (Å²) in [5.74, 6) is -0.181. The number of aromatic nitrogens is 7.